The van der Waals surface area contributed by atoms with E-state index in [1.54, 1.807) is 0 Å². The summed E-state index contributed by atoms with van der Waals surface area (Å²) in [5, 5.41) is 3.43. The van der Waals surface area contributed by atoms with E-state index in [1.165, 1.54) is 19.8 Å². The first-order valence-electron chi connectivity index (χ1n) is 10.7. The van der Waals surface area contributed by atoms with Crippen LogP contribution < -0.4 is 5.32 Å². The molecule has 0 aromatic heterocycles. The van der Waals surface area contributed by atoms with Crippen LogP contribution in [0.5, 0.6) is 0 Å². The molecule has 1 N–H and O–H groups in total. The van der Waals surface area contributed by atoms with Crippen LogP contribution in [0.15, 0.2) is 18.2 Å². The molecule has 1 aromatic carbocycles. The predicted molar refractivity (Wildman–Crippen MR) is 110 cm³/mol. The summed E-state index contributed by atoms with van der Waals surface area (Å²) in [5.74, 6) is 1.07. The minimum Gasteiger partial charge on any atom is -0.452 e. The van der Waals surface area contributed by atoms with E-state index in [9.17, 15) is 9.59 Å². The highest BCUT2D eigenvalue weighted by Crippen LogP contribution is 2.31. The number of aryl methyl sites for hydroxylation is 2. The molecular formula is C23H34N2O3. The van der Waals surface area contributed by atoms with Crippen LogP contribution in [0.3, 0.4) is 0 Å². The SMILES string of the molecule is CC(=O)O[C@H](Cc1cc(C)cc(C)c1)C(=O)N1CCC(C2CCNCC2)CC1. The molecule has 2 saturated heterocycles. The van der Waals surface area contributed by atoms with Crippen LogP contribution in [-0.2, 0) is 20.7 Å². The van der Waals surface area contributed by atoms with Gasteiger partial charge in [0.2, 0.25) is 0 Å². The van der Waals surface area contributed by atoms with Gasteiger partial charge < -0.3 is 15.0 Å². The topological polar surface area (TPSA) is 58.6 Å². The molecule has 0 bridgehead atoms. The number of likely N-dealkylation sites (tertiary alicyclic amines) is 1. The van der Waals surface area contributed by atoms with Gasteiger partial charge in [0.05, 0.1) is 0 Å². The van der Waals surface area contributed by atoms with E-state index in [0.29, 0.717) is 6.42 Å². The van der Waals surface area contributed by atoms with Gasteiger partial charge in [0, 0.05) is 26.4 Å². The number of nitrogens with one attached hydrogen (secondary N) is 1. The highest BCUT2D eigenvalue weighted by Gasteiger charge is 2.33. The lowest BCUT2D eigenvalue weighted by Gasteiger charge is -2.38. The van der Waals surface area contributed by atoms with Gasteiger partial charge in [0.1, 0.15) is 0 Å². The molecule has 0 spiro atoms. The van der Waals surface area contributed by atoms with Crippen molar-refractivity contribution < 1.29 is 14.3 Å². The number of hydrogen-bond acceptors (Lipinski definition) is 4. The summed E-state index contributed by atoms with van der Waals surface area (Å²) in [5.41, 5.74) is 3.36. The van der Waals surface area contributed by atoms with Crippen molar-refractivity contribution in [2.75, 3.05) is 26.2 Å². The lowest BCUT2D eigenvalue weighted by molar-refractivity contribution is -0.159. The molecule has 2 heterocycles. The van der Waals surface area contributed by atoms with Crippen LogP contribution in [0.4, 0.5) is 0 Å². The number of benzene rings is 1. The van der Waals surface area contributed by atoms with Gasteiger partial charge in [-0.2, -0.15) is 0 Å². The summed E-state index contributed by atoms with van der Waals surface area (Å²) < 4.78 is 5.45. The molecule has 1 amide bonds. The minimum atomic E-state index is -0.728. The molecule has 1 aromatic rings. The van der Waals surface area contributed by atoms with Crippen LogP contribution in [0.2, 0.25) is 0 Å². The first-order valence-corrected chi connectivity index (χ1v) is 10.7. The zero-order chi connectivity index (χ0) is 20.1. The molecule has 0 saturated carbocycles. The van der Waals surface area contributed by atoms with Crippen molar-refractivity contribution in [3.63, 3.8) is 0 Å². The largest absolute Gasteiger partial charge is 0.452 e. The number of carbonyl (C=O) groups is 2. The Labute approximate surface area is 168 Å². The van der Waals surface area contributed by atoms with E-state index in [2.05, 4.69) is 23.5 Å². The molecule has 5 heteroatoms. The molecule has 1 atom stereocenters. The zero-order valence-electron chi connectivity index (χ0n) is 17.5. The Morgan fingerprint density at radius 2 is 1.61 bits per heavy atom. The summed E-state index contributed by atoms with van der Waals surface area (Å²) >= 11 is 0. The second kappa shape index (κ2) is 9.55. The minimum absolute atomic E-state index is 0.0434. The zero-order valence-corrected chi connectivity index (χ0v) is 17.5. The second-order valence-electron chi connectivity index (χ2n) is 8.55. The maximum absolute atomic E-state index is 13.1. The van der Waals surface area contributed by atoms with E-state index in [0.717, 1.165) is 67.5 Å². The molecule has 0 aliphatic carbocycles. The first kappa shape index (κ1) is 20.8. The number of piperidine rings is 2. The Balaban J connectivity index is 1.62. The van der Waals surface area contributed by atoms with Gasteiger partial charge in [-0.1, -0.05) is 29.3 Å². The molecular weight excluding hydrogens is 352 g/mol. The average molecular weight is 387 g/mol. The molecule has 0 unspecified atom stereocenters. The lowest BCUT2D eigenvalue weighted by atomic mass is 9.79. The van der Waals surface area contributed by atoms with Crippen molar-refractivity contribution >= 4 is 11.9 Å². The Morgan fingerprint density at radius 1 is 1.04 bits per heavy atom. The summed E-state index contributed by atoms with van der Waals surface area (Å²) in [6.07, 6.45) is 4.34. The van der Waals surface area contributed by atoms with E-state index in [-0.39, 0.29) is 5.91 Å². The smallest absolute Gasteiger partial charge is 0.303 e. The molecule has 28 heavy (non-hydrogen) atoms. The third-order valence-corrected chi connectivity index (χ3v) is 6.19. The van der Waals surface area contributed by atoms with E-state index in [4.69, 9.17) is 4.74 Å². The number of hydrogen-bond donors (Lipinski definition) is 1. The summed E-state index contributed by atoms with van der Waals surface area (Å²) in [6.45, 7) is 9.26. The normalized spacial score (nSPS) is 20.0. The van der Waals surface area contributed by atoms with Crippen LogP contribution in [0.25, 0.3) is 0 Å². The second-order valence-corrected chi connectivity index (χ2v) is 8.55. The monoisotopic (exact) mass is 386 g/mol. The molecule has 2 aliphatic heterocycles. The third kappa shape index (κ3) is 5.57. The van der Waals surface area contributed by atoms with Crippen molar-refractivity contribution in [3.8, 4) is 0 Å². The molecule has 2 fully saturated rings. The predicted octanol–water partition coefficient (Wildman–Crippen LogP) is 3.02. The average Bonchev–Trinajstić information content (AvgIpc) is 2.66. The summed E-state index contributed by atoms with van der Waals surface area (Å²) in [6, 6.07) is 6.25. The van der Waals surface area contributed by atoms with E-state index < -0.39 is 12.1 Å². The van der Waals surface area contributed by atoms with E-state index in [1.807, 2.05) is 18.7 Å². The van der Waals surface area contributed by atoms with Crippen LogP contribution in [-0.4, -0.2) is 49.1 Å². The Kier molecular flexibility index (Phi) is 7.11. The van der Waals surface area contributed by atoms with Gasteiger partial charge in [-0.25, -0.2) is 0 Å². The standard InChI is InChI=1S/C23H34N2O3/c1-16-12-17(2)14-19(13-16)15-22(28-18(3)26)23(27)25-10-6-21(7-11-25)20-4-8-24-9-5-20/h12-14,20-22,24H,4-11,15H2,1-3H3/t22-/m1/s1. The number of amides is 1. The quantitative estimate of drug-likeness (QED) is 0.791. The van der Waals surface area contributed by atoms with Gasteiger partial charge in [-0.15, -0.1) is 0 Å². The molecule has 3 rings (SSSR count). The van der Waals surface area contributed by atoms with E-state index >= 15 is 0 Å². The van der Waals surface area contributed by atoms with Gasteiger partial charge in [0.25, 0.3) is 5.91 Å². The fraction of sp³-hybridized carbons (Fsp3) is 0.652. The Bertz CT molecular complexity index is 669. The maximum Gasteiger partial charge on any atom is 0.303 e. The first-order chi connectivity index (χ1) is 13.4. The molecule has 2 aliphatic rings. The van der Waals surface area contributed by atoms with Crippen molar-refractivity contribution in [2.24, 2.45) is 11.8 Å². The van der Waals surface area contributed by atoms with Crippen LogP contribution in [0, 0.1) is 25.7 Å². The summed E-state index contributed by atoms with van der Waals surface area (Å²) in [7, 11) is 0. The highest BCUT2D eigenvalue weighted by atomic mass is 16.5. The van der Waals surface area contributed by atoms with Gasteiger partial charge in [-0.05, 0) is 70.0 Å². The molecule has 0 radical (unpaired) electrons. The van der Waals surface area contributed by atoms with Crippen molar-refractivity contribution in [3.05, 3.63) is 34.9 Å². The number of ether oxygens (including phenoxy) is 1. The highest BCUT2D eigenvalue weighted by molar-refractivity contribution is 5.83. The van der Waals surface area contributed by atoms with Crippen LogP contribution >= 0.6 is 0 Å². The van der Waals surface area contributed by atoms with Crippen LogP contribution in [0.1, 0.15) is 49.3 Å². The van der Waals surface area contributed by atoms with Gasteiger partial charge >= 0.3 is 5.97 Å². The number of nitrogens with zero attached hydrogens (tertiary/aromatic N) is 1. The molecule has 154 valence electrons. The maximum atomic E-state index is 13.1. The van der Waals surface area contributed by atoms with Gasteiger partial charge in [0.15, 0.2) is 6.10 Å². The fourth-order valence-electron chi connectivity index (χ4n) is 4.89. The van der Waals surface area contributed by atoms with Crippen molar-refractivity contribution in [1.29, 1.82) is 0 Å². The number of rotatable bonds is 5. The van der Waals surface area contributed by atoms with Crippen molar-refractivity contribution in [1.82, 2.24) is 10.2 Å². The fourth-order valence-corrected chi connectivity index (χ4v) is 4.89. The number of esters is 1. The molecule has 5 nitrogen and oxygen atoms in total. The van der Waals surface area contributed by atoms with Crippen molar-refractivity contribution in [2.45, 2.75) is 59.0 Å². The number of carbonyl (C=O) groups excluding carboxylic acids is 2. The lowest BCUT2D eigenvalue weighted by Crippen LogP contribution is -2.47. The Morgan fingerprint density at radius 3 is 2.18 bits per heavy atom. The third-order valence-electron chi connectivity index (χ3n) is 6.19. The Hall–Kier alpha value is -1.88. The summed E-state index contributed by atoms with van der Waals surface area (Å²) in [4.78, 5) is 26.7. The van der Waals surface area contributed by atoms with Gasteiger partial charge in [-0.3, -0.25) is 9.59 Å².